The molecule has 6 heteroatoms. The first-order valence-corrected chi connectivity index (χ1v) is 5.02. The van der Waals surface area contributed by atoms with Gasteiger partial charge < -0.3 is 4.52 Å². The van der Waals surface area contributed by atoms with Gasteiger partial charge in [0.2, 0.25) is 0 Å². The lowest BCUT2D eigenvalue weighted by molar-refractivity contribution is 0.0995. The minimum atomic E-state index is 0.166. The molecule has 74 valence electrons. The van der Waals surface area contributed by atoms with Gasteiger partial charge in [0.15, 0.2) is 5.82 Å². The summed E-state index contributed by atoms with van der Waals surface area (Å²) in [5, 5.41) is 4.33. The van der Waals surface area contributed by atoms with Crippen molar-refractivity contribution in [2.75, 3.05) is 0 Å². The molecule has 0 atom stereocenters. The third-order valence-electron chi connectivity index (χ3n) is 1.26. The van der Waals surface area contributed by atoms with Gasteiger partial charge in [-0.3, -0.25) is 4.84 Å². The predicted molar refractivity (Wildman–Crippen MR) is 49.7 cm³/mol. The van der Waals surface area contributed by atoms with E-state index in [2.05, 4.69) is 28.8 Å². The van der Waals surface area contributed by atoms with E-state index in [1.807, 2.05) is 0 Å². The molecule has 0 aromatic carbocycles. The second kappa shape index (κ2) is 5.21. The Balaban J connectivity index is 2.39. The number of nitrogens with two attached hydrogens (primary N) is 1. The zero-order chi connectivity index (χ0) is 9.68. The fourth-order valence-corrected chi connectivity index (χ4v) is 1.32. The maximum atomic E-state index is 4.86. The average Bonchev–Trinajstić information content (AvgIpc) is 2.50. The van der Waals surface area contributed by atoms with Crippen molar-refractivity contribution in [2.24, 2.45) is 5.90 Å². The molecule has 0 saturated carbocycles. The number of aromatic nitrogens is 2. The second-order valence-corrected chi connectivity index (χ2v) is 4.34. The van der Waals surface area contributed by atoms with Crippen molar-refractivity contribution in [1.82, 2.24) is 10.1 Å². The molecule has 1 heterocycles. The predicted octanol–water partition coefficient (Wildman–Crippen LogP) is 1.10. The number of thioether (sulfide) groups is 1. The van der Waals surface area contributed by atoms with Crippen LogP contribution in [0.15, 0.2) is 4.52 Å². The van der Waals surface area contributed by atoms with E-state index in [1.54, 1.807) is 11.8 Å². The lowest BCUT2D eigenvalue weighted by Gasteiger charge is -1.98. The highest BCUT2D eigenvalue weighted by molar-refractivity contribution is 7.99. The Morgan fingerprint density at radius 2 is 2.38 bits per heavy atom. The topological polar surface area (TPSA) is 74.2 Å². The summed E-state index contributed by atoms with van der Waals surface area (Å²) < 4.78 is 4.86. The number of nitrogens with zero attached hydrogens (tertiary/aromatic N) is 2. The van der Waals surface area contributed by atoms with Crippen LogP contribution in [0, 0.1) is 0 Å². The van der Waals surface area contributed by atoms with Gasteiger partial charge in [-0.25, -0.2) is 5.90 Å². The average molecular weight is 203 g/mol. The minimum Gasteiger partial charge on any atom is -0.337 e. The van der Waals surface area contributed by atoms with Crippen LogP contribution in [0.1, 0.15) is 25.6 Å². The summed E-state index contributed by atoms with van der Waals surface area (Å²) in [5.41, 5.74) is 0. The van der Waals surface area contributed by atoms with Crippen LogP contribution in [0.4, 0.5) is 0 Å². The van der Waals surface area contributed by atoms with E-state index in [-0.39, 0.29) is 6.61 Å². The first kappa shape index (κ1) is 10.5. The van der Waals surface area contributed by atoms with Crippen LogP contribution >= 0.6 is 11.8 Å². The van der Waals surface area contributed by atoms with Crippen molar-refractivity contribution in [3.63, 3.8) is 0 Å². The largest absolute Gasteiger partial charge is 0.337 e. The highest BCUT2D eigenvalue weighted by Gasteiger charge is 2.06. The molecule has 0 aliphatic rings. The van der Waals surface area contributed by atoms with Crippen LogP contribution in [0.2, 0.25) is 0 Å². The molecule has 1 aromatic heterocycles. The van der Waals surface area contributed by atoms with Gasteiger partial charge >= 0.3 is 0 Å². The highest BCUT2D eigenvalue weighted by Crippen LogP contribution is 2.14. The zero-order valence-electron chi connectivity index (χ0n) is 7.69. The quantitative estimate of drug-likeness (QED) is 0.722. The van der Waals surface area contributed by atoms with Crippen LogP contribution < -0.4 is 5.90 Å². The highest BCUT2D eigenvalue weighted by atomic mass is 32.2. The Hall–Kier alpha value is -0.590. The van der Waals surface area contributed by atoms with Crippen LogP contribution in [-0.2, 0) is 17.2 Å². The maximum Gasteiger partial charge on any atom is 0.254 e. The van der Waals surface area contributed by atoms with Crippen molar-refractivity contribution < 1.29 is 9.36 Å². The molecule has 0 fully saturated rings. The van der Waals surface area contributed by atoms with Crippen LogP contribution in [0.5, 0.6) is 0 Å². The van der Waals surface area contributed by atoms with Gasteiger partial charge in [-0.2, -0.15) is 16.7 Å². The smallest absolute Gasteiger partial charge is 0.254 e. The zero-order valence-corrected chi connectivity index (χ0v) is 8.50. The molecular weight excluding hydrogens is 190 g/mol. The minimum absolute atomic E-state index is 0.166. The third-order valence-corrected chi connectivity index (χ3v) is 2.35. The Morgan fingerprint density at radius 1 is 1.62 bits per heavy atom. The summed E-state index contributed by atoms with van der Waals surface area (Å²) in [6.45, 7) is 4.41. The van der Waals surface area contributed by atoms with Gasteiger partial charge in [0, 0.05) is 0 Å². The van der Waals surface area contributed by atoms with Gasteiger partial charge in [-0.1, -0.05) is 19.0 Å². The summed E-state index contributed by atoms with van der Waals surface area (Å²) in [5.74, 6) is 6.72. The summed E-state index contributed by atoms with van der Waals surface area (Å²) >= 11 is 1.76. The SMILES string of the molecule is CC(C)SCc1noc(CON)n1. The molecule has 0 spiro atoms. The van der Waals surface area contributed by atoms with Crippen molar-refractivity contribution in [3.05, 3.63) is 11.7 Å². The Labute approximate surface area is 81.0 Å². The van der Waals surface area contributed by atoms with E-state index >= 15 is 0 Å². The molecule has 0 bridgehead atoms. The summed E-state index contributed by atoms with van der Waals surface area (Å²) in [7, 11) is 0. The van der Waals surface area contributed by atoms with Crippen LogP contribution in [0.3, 0.4) is 0 Å². The molecule has 0 aliphatic carbocycles. The Morgan fingerprint density at radius 3 is 3.00 bits per heavy atom. The summed E-state index contributed by atoms with van der Waals surface area (Å²) in [4.78, 5) is 8.43. The standard InChI is InChI=1S/C7H13N3O2S/c1-5(2)13-4-6-9-7(3-11-8)12-10-6/h5H,3-4,8H2,1-2H3. The van der Waals surface area contributed by atoms with E-state index < -0.39 is 0 Å². The summed E-state index contributed by atoms with van der Waals surface area (Å²) in [6.07, 6.45) is 0. The fourth-order valence-electron chi connectivity index (χ4n) is 0.720. The van der Waals surface area contributed by atoms with Gasteiger partial charge in [0.1, 0.15) is 6.61 Å². The van der Waals surface area contributed by atoms with Crippen molar-refractivity contribution >= 4 is 11.8 Å². The van der Waals surface area contributed by atoms with Gasteiger partial charge in [-0.05, 0) is 5.25 Å². The van der Waals surface area contributed by atoms with E-state index in [0.29, 0.717) is 17.0 Å². The molecular formula is C7H13N3O2S. The molecule has 5 nitrogen and oxygen atoms in total. The Bertz CT molecular complexity index is 252. The third kappa shape index (κ3) is 3.75. The first-order valence-electron chi connectivity index (χ1n) is 3.97. The van der Waals surface area contributed by atoms with E-state index in [0.717, 1.165) is 5.75 Å². The fraction of sp³-hybridized carbons (Fsp3) is 0.714. The van der Waals surface area contributed by atoms with E-state index in [9.17, 15) is 0 Å². The molecule has 0 radical (unpaired) electrons. The van der Waals surface area contributed by atoms with Crippen molar-refractivity contribution in [2.45, 2.75) is 31.5 Å². The van der Waals surface area contributed by atoms with Gasteiger partial charge in [-0.15, -0.1) is 0 Å². The molecule has 1 aromatic rings. The van der Waals surface area contributed by atoms with Gasteiger partial charge in [0.05, 0.1) is 5.75 Å². The second-order valence-electron chi connectivity index (χ2n) is 2.78. The van der Waals surface area contributed by atoms with Gasteiger partial charge in [0.25, 0.3) is 5.89 Å². The van der Waals surface area contributed by atoms with Crippen molar-refractivity contribution in [3.8, 4) is 0 Å². The molecule has 13 heavy (non-hydrogen) atoms. The molecule has 0 saturated heterocycles. The maximum absolute atomic E-state index is 4.86. The van der Waals surface area contributed by atoms with Crippen molar-refractivity contribution in [1.29, 1.82) is 0 Å². The summed E-state index contributed by atoms with van der Waals surface area (Å²) in [6, 6.07) is 0. The van der Waals surface area contributed by atoms with E-state index in [4.69, 9.17) is 10.4 Å². The Kier molecular flexibility index (Phi) is 4.20. The van der Waals surface area contributed by atoms with Crippen LogP contribution in [0.25, 0.3) is 0 Å². The molecule has 0 amide bonds. The molecule has 0 unspecified atom stereocenters. The lowest BCUT2D eigenvalue weighted by atomic mass is 10.6. The first-order chi connectivity index (χ1) is 6.22. The van der Waals surface area contributed by atoms with E-state index in [1.165, 1.54) is 0 Å². The van der Waals surface area contributed by atoms with Crippen LogP contribution in [-0.4, -0.2) is 15.4 Å². The molecule has 1 rings (SSSR count). The molecule has 2 N–H and O–H groups in total. The molecule has 0 aliphatic heterocycles. The number of rotatable bonds is 5. The normalized spacial score (nSPS) is 11.1. The number of hydrogen-bond donors (Lipinski definition) is 1. The number of hydrogen-bond acceptors (Lipinski definition) is 6. The monoisotopic (exact) mass is 203 g/mol. The lowest BCUT2D eigenvalue weighted by Crippen LogP contribution is -1.99.